The van der Waals surface area contributed by atoms with Gasteiger partial charge >= 0.3 is 0 Å². The van der Waals surface area contributed by atoms with Gasteiger partial charge in [0, 0.05) is 41.0 Å². The van der Waals surface area contributed by atoms with E-state index < -0.39 is 0 Å². The molecular formula is C14H18Br2N2O. The molecule has 1 aromatic carbocycles. The van der Waals surface area contributed by atoms with Gasteiger partial charge in [0.05, 0.1) is 0 Å². The smallest absolute Gasteiger partial charge is 0.222 e. The van der Waals surface area contributed by atoms with E-state index in [-0.39, 0.29) is 11.9 Å². The predicted molar refractivity (Wildman–Crippen MR) is 84.1 cm³/mol. The topological polar surface area (TPSA) is 32.3 Å². The van der Waals surface area contributed by atoms with Gasteiger partial charge in [0.1, 0.15) is 0 Å². The summed E-state index contributed by atoms with van der Waals surface area (Å²) in [5.41, 5.74) is 1.24. The number of halogens is 2. The van der Waals surface area contributed by atoms with E-state index in [1.807, 2.05) is 11.9 Å². The molecule has 2 atom stereocenters. The van der Waals surface area contributed by atoms with Crippen molar-refractivity contribution in [2.45, 2.75) is 31.8 Å². The molecule has 1 aromatic rings. The van der Waals surface area contributed by atoms with Crippen molar-refractivity contribution in [2.24, 2.45) is 0 Å². The molecule has 1 fully saturated rings. The highest BCUT2D eigenvalue weighted by atomic mass is 79.9. The van der Waals surface area contributed by atoms with E-state index in [1.54, 1.807) is 0 Å². The Morgan fingerprint density at radius 1 is 1.42 bits per heavy atom. The van der Waals surface area contributed by atoms with Gasteiger partial charge in [-0.05, 0) is 31.0 Å². The molecule has 1 aliphatic heterocycles. The van der Waals surface area contributed by atoms with Crippen molar-refractivity contribution < 1.29 is 4.79 Å². The van der Waals surface area contributed by atoms with Crippen LogP contribution in [0.2, 0.25) is 0 Å². The van der Waals surface area contributed by atoms with Crippen molar-refractivity contribution >= 4 is 37.8 Å². The minimum Gasteiger partial charge on any atom is -0.344 e. The second-order valence-electron chi connectivity index (χ2n) is 5.06. The molecule has 2 rings (SSSR count). The Morgan fingerprint density at radius 2 is 2.16 bits per heavy atom. The first-order chi connectivity index (χ1) is 8.97. The molecule has 2 unspecified atom stereocenters. The minimum atomic E-state index is 0.246. The highest BCUT2D eigenvalue weighted by Gasteiger charge is 2.24. The first-order valence-electron chi connectivity index (χ1n) is 6.42. The van der Waals surface area contributed by atoms with E-state index in [1.165, 1.54) is 5.56 Å². The fourth-order valence-corrected chi connectivity index (χ4v) is 3.83. The van der Waals surface area contributed by atoms with Gasteiger partial charge in [-0.3, -0.25) is 4.79 Å². The number of hydrogen-bond donors (Lipinski definition) is 1. The Labute approximate surface area is 131 Å². The van der Waals surface area contributed by atoms with Gasteiger partial charge in [-0.2, -0.15) is 0 Å². The van der Waals surface area contributed by atoms with Crippen LogP contribution in [0.15, 0.2) is 27.1 Å². The number of piperidine rings is 1. The molecule has 0 aliphatic carbocycles. The molecular weight excluding hydrogens is 372 g/mol. The molecule has 3 nitrogen and oxygen atoms in total. The monoisotopic (exact) mass is 388 g/mol. The first-order valence-corrected chi connectivity index (χ1v) is 8.01. The van der Waals surface area contributed by atoms with Gasteiger partial charge < -0.3 is 10.2 Å². The highest BCUT2D eigenvalue weighted by molar-refractivity contribution is 9.11. The molecule has 0 saturated carbocycles. The molecule has 0 radical (unpaired) electrons. The second kappa shape index (κ2) is 6.37. The van der Waals surface area contributed by atoms with Crippen LogP contribution in [-0.2, 0) is 4.79 Å². The number of benzene rings is 1. The average Bonchev–Trinajstić information content (AvgIpc) is 2.33. The second-order valence-corrected chi connectivity index (χ2v) is 6.83. The van der Waals surface area contributed by atoms with Gasteiger partial charge in [0.2, 0.25) is 5.91 Å². The zero-order chi connectivity index (χ0) is 14.0. The number of likely N-dealkylation sites (tertiary alicyclic amines) is 1. The number of likely N-dealkylation sites (N-methyl/N-ethyl adjacent to an activating group) is 1. The number of rotatable bonds is 3. The summed E-state index contributed by atoms with van der Waals surface area (Å²) in [6.07, 6.45) is 1.56. The predicted octanol–water partition coefficient (Wildman–Crippen LogP) is 3.48. The maximum Gasteiger partial charge on any atom is 0.222 e. The summed E-state index contributed by atoms with van der Waals surface area (Å²) in [7, 11) is 1.87. The van der Waals surface area contributed by atoms with Crippen molar-refractivity contribution in [3.63, 3.8) is 0 Å². The molecule has 0 spiro atoms. The van der Waals surface area contributed by atoms with Crippen molar-refractivity contribution in [3.8, 4) is 0 Å². The molecule has 0 bridgehead atoms. The Balaban J connectivity index is 2.01. The van der Waals surface area contributed by atoms with E-state index in [9.17, 15) is 4.79 Å². The van der Waals surface area contributed by atoms with Crippen LogP contribution >= 0.6 is 31.9 Å². The number of carbonyl (C=O) groups is 1. The molecule has 1 amide bonds. The van der Waals surface area contributed by atoms with Crippen LogP contribution in [0.5, 0.6) is 0 Å². The molecule has 19 heavy (non-hydrogen) atoms. The fraction of sp³-hybridized carbons (Fsp3) is 0.500. The standard InChI is InChI=1S/C14H18Br2N2O/c1-9(12-5-3-10(15)7-13(12)16)17-11-4-6-14(19)18(2)8-11/h3,5,7,9,11,17H,4,6,8H2,1-2H3. The summed E-state index contributed by atoms with van der Waals surface area (Å²) in [6, 6.07) is 6.85. The quantitative estimate of drug-likeness (QED) is 0.858. The SMILES string of the molecule is CC(NC1CCC(=O)N(C)C1)c1ccc(Br)cc1Br. The largest absolute Gasteiger partial charge is 0.344 e. The Bertz CT molecular complexity index is 479. The van der Waals surface area contributed by atoms with Crippen molar-refractivity contribution in [2.75, 3.05) is 13.6 Å². The van der Waals surface area contributed by atoms with Crippen LogP contribution in [-0.4, -0.2) is 30.4 Å². The molecule has 1 N–H and O–H groups in total. The third-order valence-corrected chi connectivity index (χ3v) is 4.72. The molecule has 1 saturated heterocycles. The molecule has 1 heterocycles. The first kappa shape index (κ1) is 15.0. The van der Waals surface area contributed by atoms with Crippen molar-refractivity contribution in [1.82, 2.24) is 10.2 Å². The van der Waals surface area contributed by atoms with Crippen molar-refractivity contribution in [3.05, 3.63) is 32.7 Å². The third kappa shape index (κ3) is 3.80. The third-order valence-electron chi connectivity index (χ3n) is 3.54. The van der Waals surface area contributed by atoms with E-state index in [0.717, 1.165) is 21.9 Å². The van der Waals surface area contributed by atoms with E-state index >= 15 is 0 Å². The van der Waals surface area contributed by atoms with Crippen molar-refractivity contribution in [1.29, 1.82) is 0 Å². The van der Waals surface area contributed by atoms with Gasteiger partial charge in [-0.25, -0.2) is 0 Å². The van der Waals surface area contributed by atoms with Crippen LogP contribution < -0.4 is 5.32 Å². The summed E-state index contributed by atoms with van der Waals surface area (Å²) in [5.74, 6) is 0.246. The van der Waals surface area contributed by atoms with E-state index in [2.05, 4.69) is 62.3 Å². The molecule has 0 aromatic heterocycles. The van der Waals surface area contributed by atoms with Gasteiger partial charge in [-0.1, -0.05) is 37.9 Å². The van der Waals surface area contributed by atoms with Crippen LogP contribution in [0.3, 0.4) is 0 Å². The lowest BCUT2D eigenvalue weighted by Gasteiger charge is -2.32. The molecule has 1 aliphatic rings. The van der Waals surface area contributed by atoms with E-state index in [0.29, 0.717) is 12.5 Å². The van der Waals surface area contributed by atoms with E-state index in [4.69, 9.17) is 0 Å². The highest BCUT2D eigenvalue weighted by Crippen LogP contribution is 2.27. The Morgan fingerprint density at radius 3 is 2.79 bits per heavy atom. The normalized spacial score (nSPS) is 21.6. The fourth-order valence-electron chi connectivity index (χ4n) is 2.44. The molecule has 5 heteroatoms. The summed E-state index contributed by atoms with van der Waals surface area (Å²) in [5, 5.41) is 3.61. The summed E-state index contributed by atoms with van der Waals surface area (Å²) < 4.78 is 2.17. The lowest BCUT2D eigenvalue weighted by molar-refractivity contribution is -0.132. The summed E-state index contributed by atoms with van der Waals surface area (Å²) in [6.45, 7) is 2.95. The van der Waals surface area contributed by atoms with Crippen LogP contribution in [0.1, 0.15) is 31.4 Å². The Hall–Kier alpha value is -0.390. The number of amides is 1. The summed E-state index contributed by atoms with van der Waals surface area (Å²) >= 11 is 7.06. The van der Waals surface area contributed by atoms with Crippen LogP contribution in [0.25, 0.3) is 0 Å². The average molecular weight is 390 g/mol. The molecule has 104 valence electrons. The number of hydrogen-bond acceptors (Lipinski definition) is 2. The summed E-state index contributed by atoms with van der Waals surface area (Å²) in [4.78, 5) is 13.3. The number of nitrogens with zero attached hydrogens (tertiary/aromatic N) is 1. The van der Waals surface area contributed by atoms with Gasteiger partial charge in [0.25, 0.3) is 0 Å². The Kier molecular flexibility index (Phi) is 5.03. The van der Waals surface area contributed by atoms with Crippen LogP contribution in [0.4, 0.5) is 0 Å². The zero-order valence-electron chi connectivity index (χ0n) is 11.1. The maximum atomic E-state index is 11.5. The number of carbonyl (C=O) groups excluding carboxylic acids is 1. The van der Waals surface area contributed by atoms with Gasteiger partial charge in [0.15, 0.2) is 0 Å². The number of nitrogens with one attached hydrogen (secondary N) is 1. The lowest BCUT2D eigenvalue weighted by atomic mass is 10.0. The minimum absolute atomic E-state index is 0.246. The van der Waals surface area contributed by atoms with Crippen LogP contribution in [0, 0.1) is 0 Å². The lowest BCUT2D eigenvalue weighted by Crippen LogP contribution is -2.47. The maximum absolute atomic E-state index is 11.5. The zero-order valence-corrected chi connectivity index (χ0v) is 14.3. The van der Waals surface area contributed by atoms with Gasteiger partial charge in [-0.15, -0.1) is 0 Å².